The van der Waals surface area contributed by atoms with E-state index in [1.807, 2.05) is 0 Å². The second kappa shape index (κ2) is 5.91. The molecule has 4 nitrogen and oxygen atoms in total. The maximum atomic E-state index is 12.6. The van der Waals surface area contributed by atoms with Crippen LogP contribution in [-0.4, -0.2) is 11.0 Å². The minimum atomic E-state index is -4.58. The number of hydrogen-bond donors (Lipinski definition) is 1. The summed E-state index contributed by atoms with van der Waals surface area (Å²) in [6, 6.07) is 2.71. The van der Waals surface area contributed by atoms with E-state index in [0.29, 0.717) is 12.0 Å². The van der Waals surface area contributed by atoms with Crippen LogP contribution in [0.15, 0.2) is 18.2 Å². The Kier molecular flexibility index (Phi) is 4.39. The van der Waals surface area contributed by atoms with Crippen molar-refractivity contribution in [1.29, 1.82) is 0 Å². The third kappa shape index (κ3) is 3.65. The Morgan fingerprint density at radius 2 is 2.10 bits per heavy atom. The molecule has 116 valence electrons. The van der Waals surface area contributed by atoms with E-state index in [4.69, 9.17) is 0 Å². The maximum absolute atomic E-state index is 12.6. The molecular formula is C14H17F3N2O2. The van der Waals surface area contributed by atoms with Crippen molar-refractivity contribution >= 4 is 11.4 Å². The molecule has 0 saturated heterocycles. The highest BCUT2D eigenvalue weighted by Crippen LogP contribution is 2.37. The van der Waals surface area contributed by atoms with E-state index in [-0.39, 0.29) is 11.7 Å². The number of nitrogens with one attached hydrogen (secondary N) is 1. The summed E-state index contributed by atoms with van der Waals surface area (Å²) in [4.78, 5) is 10.2. The van der Waals surface area contributed by atoms with Gasteiger partial charge >= 0.3 is 6.18 Å². The van der Waals surface area contributed by atoms with Crippen molar-refractivity contribution in [3.05, 3.63) is 33.9 Å². The highest BCUT2D eigenvalue weighted by atomic mass is 19.4. The van der Waals surface area contributed by atoms with Crippen LogP contribution in [0.2, 0.25) is 0 Å². The number of halogens is 3. The Hall–Kier alpha value is -1.79. The van der Waals surface area contributed by atoms with E-state index in [1.54, 1.807) is 0 Å². The van der Waals surface area contributed by atoms with Gasteiger partial charge in [-0.25, -0.2) is 0 Å². The van der Waals surface area contributed by atoms with Crippen molar-refractivity contribution in [3.8, 4) is 0 Å². The summed E-state index contributed by atoms with van der Waals surface area (Å²) >= 11 is 0. The van der Waals surface area contributed by atoms with Crippen LogP contribution < -0.4 is 5.32 Å². The van der Waals surface area contributed by atoms with Crippen molar-refractivity contribution in [1.82, 2.24) is 0 Å². The van der Waals surface area contributed by atoms with Crippen LogP contribution in [0.1, 0.15) is 38.2 Å². The monoisotopic (exact) mass is 302 g/mol. The topological polar surface area (TPSA) is 55.2 Å². The Morgan fingerprint density at radius 1 is 1.38 bits per heavy atom. The summed E-state index contributed by atoms with van der Waals surface area (Å²) in [5.74, 6) is 0.580. The number of alkyl halides is 3. The van der Waals surface area contributed by atoms with Crippen LogP contribution in [0.3, 0.4) is 0 Å². The lowest BCUT2D eigenvalue weighted by atomic mass is 10.1. The lowest BCUT2D eigenvalue weighted by molar-refractivity contribution is -0.384. The molecule has 1 aromatic rings. The second-order valence-electron chi connectivity index (χ2n) is 5.42. The number of hydrogen-bond acceptors (Lipinski definition) is 3. The molecule has 0 spiro atoms. The lowest BCUT2D eigenvalue weighted by Crippen LogP contribution is -2.17. The molecule has 2 rings (SSSR count). The normalized spacial score (nSPS) is 22.3. The van der Waals surface area contributed by atoms with Crippen LogP contribution in [0.25, 0.3) is 0 Å². The van der Waals surface area contributed by atoms with Crippen molar-refractivity contribution in [2.45, 2.75) is 44.8 Å². The molecule has 2 unspecified atom stereocenters. The summed E-state index contributed by atoms with van der Waals surface area (Å²) in [6.45, 7) is 2.09. The van der Waals surface area contributed by atoms with E-state index in [1.165, 1.54) is 0 Å². The molecule has 7 heteroatoms. The van der Waals surface area contributed by atoms with Gasteiger partial charge < -0.3 is 5.32 Å². The van der Waals surface area contributed by atoms with Gasteiger partial charge in [-0.2, -0.15) is 13.2 Å². The smallest absolute Gasteiger partial charge is 0.377 e. The van der Waals surface area contributed by atoms with Gasteiger partial charge in [-0.1, -0.05) is 13.3 Å². The van der Waals surface area contributed by atoms with Gasteiger partial charge in [-0.15, -0.1) is 0 Å². The van der Waals surface area contributed by atoms with Crippen LogP contribution in [0.4, 0.5) is 24.5 Å². The average molecular weight is 302 g/mol. The van der Waals surface area contributed by atoms with E-state index in [2.05, 4.69) is 12.2 Å². The first kappa shape index (κ1) is 15.6. The summed E-state index contributed by atoms with van der Waals surface area (Å²) in [5, 5.41) is 14.0. The molecule has 1 aliphatic rings. The van der Waals surface area contributed by atoms with Gasteiger partial charge in [0.1, 0.15) is 5.69 Å². The van der Waals surface area contributed by atoms with Gasteiger partial charge in [-0.05, 0) is 37.3 Å². The van der Waals surface area contributed by atoms with Crippen molar-refractivity contribution in [2.24, 2.45) is 5.92 Å². The third-order valence-electron chi connectivity index (χ3n) is 4.00. The highest BCUT2D eigenvalue weighted by Gasteiger charge is 2.33. The standard InChI is InChI=1S/C14H17F3N2O2/c1-2-9-3-5-11(7-9)18-12-6-4-10(14(15,16)17)8-13(12)19(20)21/h4,6,8-9,11,18H,2-3,5,7H2,1H3. The summed E-state index contributed by atoms with van der Waals surface area (Å²) in [7, 11) is 0. The molecule has 0 bridgehead atoms. The van der Waals surface area contributed by atoms with E-state index < -0.39 is 22.4 Å². The Morgan fingerprint density at radius 3 is 2.62 bits per heavy atom. The summed E-state index contributed by atoms with van der Waals surface area (Å²) < 4.78 is 37.9. The van der Waals surface area contributed by atoms with E-state index in [0.717, 1.165) is 37.8 Å². The zero-order valence-electron chi connectivity index (χ0n) is 11.6. The van der Waals surface area contributed by atoms with Gasteiger partial charge in [0.25, 0.3) is 5.69 Å². The SMILES string of the molecule is CCC1CCC(Nc2ccc(C(F)(F)F)cc2[N+](=O)[O-])C1. The molecule has 1 fully saturated rings. The molecule has 0 heterocycles. The minimum Gasteiger partial charge on any atom is -0.377 e. The zero-order valence-corrected chi connectivity index (χ0v) is 11.6. The van der Waals surface area contributed by atoms with Crippen LogP contribution >= 0.6 is 0 Å². The molecule has 0 radical (unpaired) electrons. The molecule has 21 heavy (non-hydrogen) atoms. The number of nitro benzene ring substituents is 1. The number of anilines is 1. The predicted octanol–water partition coefficient (Wildman–Crippen LogP) is 4.60. The highest BCUT2D eigenvalue weighted by molar-refractivity contribution is 5.63. The quantitative estimate of drug-likeness (QED) is 0.653. The summed E-state index contributed by atoms with van der Waals surface area (Å²) in [5.41, 5.74) is -1.36. The average Bonchev–Trinajstić information content (AvgIpc) is 2.85. The summed E-state index contributed by atoms with van der Waals surface area (Å²) in [6.07, 6.45) is -0.703. The van der Waals surface area contributed by atoms with Gasteiger partial charge in [0.05, 0.1) is 10.5 Å². The van der Waals surface area contributed by atoms with Gasteiger partial charge in [0, 0.05) is 12.1 Å². The first-order valence-electron chi connectivity index (χ1n) is 6.93. The fraction of sp³-hybridized carbons (Fsp3) is 0.571. The Bertz CT molecular complexity index is 531. The second-order valence-corrected chi connectivity index (χ2v) is 5.42. The molecule has 0 aromatic heterocycles. The lowest BCUT2D eigenvalue weighted by Gasteiger charge is -2.15. The molecule has 0 aliphatic heterocycles. The molecule has 1 aromatic carbocycles. The number of nitro groups is 1. The fourth-order valence-corrected chi connectivity index (χ4v) is 2.78. The van der Waals surface area contributed by atoms with Crippen LogP contribution in [0, 0.1) is 16.0 Å². The molecule has 0 amide bonds. The van der Waals surface area contributed by atoms with E-state index in [9.17, 15) is 23.3 Å². The molecule has 1 saturated carbocycles. The van der Waals surface area contributed by atoms with Gasteiger partial charge in [-0.3, -0.25) is 10.1 Å². The van der Waals surface area contributed by atoms with Gasteiger partial charge in [0.15, 0.2) is 0 Å². The Labute approximate surface area is 120 Å². The van der Waals surface area contributed by atoms with Crippen LogP contribution in [0.5, 0.6) is 0 Å². The molecule has 1 N–H and O–H groups in total. The minimum absolute atomic E-state index is 0.0883. The fourth-order valence-electron chi connectivity index (χ4n) is 2.78. The van der Waals surface area contributed by atoms with Crippen molar-refractivity contribution < 1.29 is 18.1 Å². The zero-order chi connectivity index (χ0) is 15.6. The molecular weight excluding hydrogens is 285 g/mol. The van der Waals surface area contributed by atoms with Crippen molar-refractivity contribution in [2.75, 3.05) is 5.32 Å². The maximum Gasteiger partial charge on any atom is 0.416 e. The van der Waals surface area contributed by atoms with E-state index >= 15 is 0 Å². The third-order valence-corrected chi connectivity index (χ3v) is 4.00. The first-order valence-corrected chi connectivity index (χ1v) is 6.93. The number of benzene rings is 1. The van der Waals surface area contributed by atoms with Crippen molar-refractivity contribution in [3.63, 3.8) is 0 Å². The first-order chi connectivity index (χ1) is 9.81. The number of nitrogens with zero attached hydrogens (tertiary/aromatic N) is 1. The largest absolute Gasteiger partial charge is 0.416 e. The number of rotatable bonds is 4. The predicted molar refractivity (Wildman–Crippen MR) is 73.1 cm³/mol. The molecule has 1 aliphatic carbocycles. The Balaban J connectivity index is 2.21. The van der Waals surface area contributed by atoms with Gasteiger partial charge in [0.2, 0.25) is 0 Å². The molecule has 2 atom stereocenters. The van der Waals surface area contributed by atoms with Crippen LogP contribution in [-0.2, 0) is 6.18 Å².